The zero-order valence-electron chi connectivity index (χ0n) is 8.82. The molecular formula is C8H16N4O3. The van der Waals surface area contributed by atoms with Gasteiger partial charge in [0.25, 0.3) is 0 Å². The first-order chi connectivity index (χ1) is 6.88. The smallest absolute Gasteiger partial charge is 0.323 e. The second-order valence-electron chi connectivity index (χ2n) is 3.52. The number of rotatable bonds is 4. The molecule has 7 heteroatoms. The third-order valence-corrected chi connectivity index (χ3v) is 1.54. The molecule has 0 aliphatic carbocycles. The average molecular weight is 216 g/mol. The van der Waals surface area contributed by atoms with E-state index >= 15 is 0 Å². The summed E-state index contributed by atoms with van der Waals surface area (Å²) < 4.78 is 0. The van der Waals surface area contributed by atoms with E-state index in [-0.39, 0.29) is 19.0 Å². The Morgan fingerprint density at radius 1 is 1.33 bits per heavy atom. The molecule has 0 unspecified atom stereocenters. The van der Waals surface area contributed by atoms with Crippen molar-refractivity contribution in [3.05, 3.63) is 0 Å². The number of primary amides is 1. The molecule has 0 bridgehead atoms. The van der Waals surface area contributed by atoms with E-state index < -0.39 is 17.7 Å². The Kier molecular flexibility index (Phi) is 5.32. The minimum atomic E-state index is -0.961. The van der Waals surface area contributed by atoms with E-state index in [2.05, 4.69) is 0 Å². The first kappa shape index (κ1) is 13.4. The summed E-state index contributed by atoms with van der Waals surface area (Å²) in [5.74, 6) is 2.44. The molecule has 0 saturated carbocycles. The van der Waals surface area contributed by atoms with Gasteiger partial charge >= 0.3 is 11.8 Å². The average Bonchev–Trinajstić information content (AvgIpc) is 2.13. The maximum Gasteiger partial charge on any atom is 0.323 e. The summed E-state index contributed by atoms with van der Waals surface area (Å²) in [4.78, 5) is 34.0. The van der Waals surface area contributed by atoms with Gasteiger partial charge in [0.05, 0.1) is 6.54 Å². The zero-order chi connectivity index (χ0) is 12.0. The summed E-state index contributed by atoms with van der Waals surface area (Å²) in [5.41, 5.74) is 6.66. The van der Waals surface area contributed by atoms with Gasteiger partial charge in [-0.3, -0.25) is 19.8 Å². The van der Waals surface area contributed by atoms with E-state index in [0.29, 0.717) is 0 Å². The number of nitrogens with zero attached hydrogens (tertiary/aromatic N) is 1. The summed E-state index contributed by atoms with van der Waals surface area (Å²) in [6, 6.07) is 0. The summed E-state index contributed by atoms with van der Waals surface area (Å²) in [6.07, 6.45) is 0. The van der Waals surface area contributed by atoms with Crippen LogP contribution in [0.4, 0.5) is 0 Å². The maximum absolute atomic E-state index is 11.4. The number of hydrogen-bond acceptors (Lipinski definition) is 4. The lowest BCUT2D eigenvalue weighted by atomic mass is 10.2. The van der Waals surface area contributed by atoms with Crippen molar-refractivity contribution < 1.29 is 14.4 Å². The fraction of sp³-hybridized carbons (Fsp3) is 0.625. The molecule has 0 aromatic carbocycles. The van der Waals surface area contributed by atoms with Gasteiger partial charge in [0, 0.05) is 6.54 Å². The molecule has 0 heterocycles. The predicted molar refractivity (Wildman–Crippen MR) is 52.9 cm³/mol. The third kappa shape index (κ3) is 4.96. The third-order valence-electron chi connectivity index (χ3n) is 1.54. The van der Waals surface area contributed by atoms with Crippen LogP contribution in [0.15, 0.2) is 0 Å². The van der Waals surface area contributed by atoms with Crippen LogP contribution in [-0.4, -0.2) is 35.7 Å². The summed E-state index contributed by atoms with van der Waals surface area (Å²) >= 11 is 0. The molecule has 0 aliphatic heterocycles. The maximum atomic E-state index is 11.4. The highest BCUT2D eigenvalue weighted by Gasteiger charge is 2.22. The first-order valence-corrected chi connectivity index (χ1v) is 4.46. The molecule has 0 radical (unpaired) electrons. The molecule has 0 rings (SSSR count). The number of hydrogen-bond donors (Lipinski definition) is 3. The van der Waals surface area contributed by atoms with Crippen molar-refractivity contribution in [2.24, 2.45) is 17.5 Å². The normalized spacial score (nSPS) is 9.87. The molecule has 3 amide bonds. The van der Waals surface area contributed by atoms with Crippen LogP contribution in [0, 0.1) is 5.92 Å². The quantitative estimate of drug-likeness (QED) is 0.217. The van der Waals surface area contributed by atoms with Gasteiger partial charge in [-0.15, -0.1) is 0 Å². The highest BCUT2D eigenvalue weighted by atomic mass is 16.2. The van der Waals surface area contributed by atoms with Gasteiger partial charge < -0.3 is 10.6 Å². The Hall–Kier alpha value is -1.63. The van der Waals surface area contributed by atoms with Crippen LogP contribution in [0.25, 0.3) is 0 Å². The van der Waals surface area contributed by atoms with Gasteiger partial charge in [0.15, 0.2) is 0 Å². The van der Waals surface area contributed by atoms with Gasteiger partial charge in [0.2, 0.25) is 5.91 Å². The Bertz CT molecular complexity index is 265. The van der Waals surface area contributed by atoms with E-state index in [1.54, 1.807) is 5.43 Å². The van der Waals surface area contributed by atoms with Gasteiger partial charge in [-0.25, -0.2) is 5.84 Å². The van der Waals surface area contributed by atoms with E-state index in [1.807, 2.05) is 13.8 Å². The molecule has 15 heavy (non-hydrogen) atoms. The number of nitrogens with one attached hydrogen (secondary N) is 1. The molecule has 5 N–H and O–H groups in total. The van der Waals surface area contributed by atoms with Crippen molar-refractivity contribution in [2.75, 3.05) is 13.1 Å². The lowest BCUT2D eigenvalue weighted by molar-refractivity contribution is -0.147. The number of amides is 3. The minimum absolute atomic E-state index is 0.124. The molecular weight excluding hydrogens is 200 g/mol. The van der Waals surface area contributed by atoms with Gasteiger partial charge in [-0.2, -0.15) is 0 Å². The molecule has 0 atom stereocenters. The minimum Gasteiger partial charge on any atom is -0.368 e. The second-order valence-corrected chi connectivity index (χ2v) is 3.52. The molecule has 0 saturated heterocycles. The SMILES string of the molecule is CC(C)CN(CC(N)=O)C(=O)C(=O)NN. The van der Waals surface area contributed by atoms with Crippen LogP contribution >= 0.6 is 0 Å². The fourth-order valence-corrected chi connectivity index (χ4v) is 1.05. The largest absolute Gasteiger partial charge is 0.368 e. The Morgan fingerprint density at radius 3 is 2.20 bits per heavy atom. The molecule has 7 nitrogen and oxygen atoms in total. The zero-order valence-corrected chi connectivity index (χ0v) is 8.82. The van der Waals surface area contributed by atoms with Crippen molar-refractivity contribution in [3.63, 3.8) is 0 Å². The van der Waals surface area contributed by atoms with E-state index in [1.165, 1.54) is 0 Å². The van der Waals surface area contributed by atoms with E-state index in [0.717, 1.165) is 4.90 Å². The van der Waals surface area contributed by atoms with E-state index in [9.17, 15) is 14.4 Å². The van der Waals surface area contributed by atoms with Gasteiger partial charge in [-0.05, 0) is 5.92 Å². The standard InChI is InChI=1S/C8H16N4O3/c1-5(2)3-12(4-6(9)13)8(15)7(14)11-10/h5H,3-4,10H2,1-2H3,(H2,9,13)(H,11,14). The topological polar surface area (TPSA) is 119 Å². The van der Waals surface area contributed by atoms with E-state index in [4.69, 9.17) is 11.6 Å². The number of carbonyl (C=O) groups is 3. The van der Waals surface area contributed by atoms with Crippen LogP contribution in [0.2, 0.25) is 0 Å². The van der Waals surface area contributed by atoms with Crippen molar-refractivity contribution in [1.82, 2.24) is 10.3 Å². The monoisotopic (exact) mass is 216 g/mol. The van der Waals surface area contributed by atoms with Crippen LogP contribution in [-0.2, 0) is 14.4 Å². The van der Waals surface area contributed by atoms with Crippen LogP contribution < -0.4 is 17.0 Å². The highest BCUT2D eigenvalue weighted by Crippen LogP contribution is 1.98. The summed E-state index contributed by atoms with van der Waals surface area (Å²) in [5, 5.41) is 0. The van der Waals surface area contributed by atoms with Crippen LogP contribution in [0.1, 0.15) is 13.8 Å². The molecule has 86 valence electrons. The number of nitrogens with two attached hydrogens (primary N) is 2. The lowest BCUT2D eigenvalue weighted by Gasteiger charge is -2.21. The number of hydrazine groups is 1. The molecule has 0 aromatic heterocycles. The van der Waals surface area contributed by atoms with Crippen molar-refractivity contribution >= 4 is 17.7 Å². The predicted octanol–water partition coefficient (Wildman–Crippen LogP) is -2.05. The van der Waals surface area contributed by atoms with Crippen molar-refractivity contribution in [3.8, 4) is 0 Å². The molecule has 0 aliphatic rings. The summed E-state index contributed by atoms with van der Waals surface area (Å²) in [7, 11) is 0. The van der Waals surface area contributed by atoms with Gasteiger partial charge in [0.1, 0.15) is 0 Å². The van der Waals surface area contributed by atoms with Crippen LogP contribution in [0.3, 0.4) is 0 Å². The summed E-state index contributed by atoms with van der Waals surface area (Å²) in [6.45, 7) is 3.68. The highest BCUT2D eigenvalue weighted by molar-refractivity contribution is 6.35. The van der Waals surface area contributed by atoms with Crippen molar-refractivity contribution in [1.29, 1.82) is 0 Å². The first-order valence-electron chi connectivity index (χ1n) is 4.46. The Morgan fingerprint density at radius 2 is 1.87 bits per heavy atom. The van der Waals surface area contributed by atoms with Gasteiger partial charge in [-0.1, -0.05) is 13.8 Å². The fourth-order valence-electron chi connectivity index (χ4n) is 1.05. The molecule has 0 fully saturated rings. The Labute approximate surface area is 87.7 Å². The second kappa shape index (κ2) is 5.97. The van der Waals surface area contributed by atoms with Crippen molar-refractivity contribution in [2.45, 2.75) is 13.8 Å². The molecule has 0 spiro atoms. The Balaban J connectivity index is 4.54. The lowest BCUT2D eigenvalue weighted by Crippen LogP contribution is -2.49. The number of carbonyl (C=O) groups excluding carboxylic acids is 3. The van der Waals surface area contributed by atoms with Crippen LogP contribution in [0.5, 0.6) is 0 Å². The molecule has 0 aromatic rings.